The highest BCUT2D eigenvalue weighted by atomic mass is 16.5. The molecule has 2 aromatic carbocycles. The lowest BCUT2D eigenvalue weighted by Crippen LogP contribution is -2.49. The Morgan fingerprint density at radius 2 is 1.76 bits per heavy atom. The van der Waals surface area contributed by atoms with Crippen LogP contribution in [0.2, 0.25) is 0 Å². The number of nitrogens with zero attached hydrogens (tertiary/aromatic N) is 6. The molecule has 3 aromatic rings. The number of benzene rings is 2. The molecule has 0 N–H and O–H groups in total. The van der Waals surface area contributed by atoms with Gasteiger partial charge in [-0.15, -0.1) is 0 Å². The van der Waals surface area contributed by atoms with Crippen LogP contribution in [0.5, 0.6) is 0 Å². The quantitative estimate of drug-likeness (QED) is 0.455. The van der Waals surface area contributed by atoms with Crippen molar-refractivity contribution in [2.45, 2.75) is 32.5 Å². The second kappa shape index (κ2) is 11.8. The fourth-order valence-electron chi connectivity index (χ4n) is 5.22. The van der Waals surface area contributed by atoms with Crippen LogP contribution in [0.3, 0.4) is 0 Å². The number of carbonyl (C=O) groups is 1. The van der Waals surface area contributed by atoms with Gasteiger partial charge in [0, 0.05) is 64.2 Å². The van der Waals surface area contributed by atoms with E-state index in [0.29, 0.717) is 31.0 Å². The zero-order valence-corrected chi connectivity index (χ0v) is 22.3. The van der Waals surface area contributed by atoms with Crippen LogP contribution in [0, 0.1) is 18.3 Å². The van der Waals surface area contributed by atoms with Crippen LogP contribution in [0.4, 0.5) is 5.69 Å². The number of hydrogen-bond acceptors (Lipinski definition) is 6. The maximum absolute atomic E-state index is 13.0. The molecule has 1 aromatic heterocycles. The van der Waals surface area contributed by atoms with E-state index in [1.54, 1.807) is 4.68 Å². The zero-order valence-electron chi connectivity index (χ0n) is 22.3. The van der Waals surface area contributed by atoms with Crippen molar-refractivity contribution in [2.24, 2.45) is 7.05 Å². The van der Waals surface area contributed by atoms with Gasteiger partial charge in [0.1, 0.15) is 0 Å². The van der Waals surface area contributed by atoms with Crippen molar-refractivity contribution in [1.29, 1.82) is 5.26 Å². The number of aryl methyl sites for hydroxylation is 2. The van der Waals surface area contributed by atoms with Gasteiger partial charge < -0.3 is 14.5 Å². The smallest absolute Gasteiger partial charge is 0.274 e. The highest BCUT2D eigenvalue weighted by molar-refractivity contribution is 5.92. The van der Waals surface area contributed by atoms with E-state index in [-0.39, 0.29) is 12.0 Å². The normalized spacial score (nSPS) is 17.0. The largest absolute Gasteiger partial charge is 0.372 e. The van der Waals surface area contributed by atoms with Crippen LogP contribution < -0.4 is 4.90 Å². The Labute approximate surface area is 225 Å². The number of carbonyl (C=O) groups excluding carboxylic acids is 1. The summed E-state index contributed by atoms with van der Waals surface area (Å²) in [7, 11) is 1.86. The predicted octanol–water partition coefficient (Wildman–Crippen LogP) is 3.92. The van der Waals surface area contributed by atoms with E-state index in [1.807, 2.05) is 49.2 Å². The standard InChI is InChI=1S/C30H36N6O2/c1-23-18-28(32-33(23)2)30(37)36-16-14-34(15-17-36)21-29(38-22-25-10-8-24(20-31)9-11-25)26-6-5-7-27(19-26)35-12-3-4-13-35/h5-11,18-19,29H,3-4,12-17,21-22H2,1-2H3/t29-/m1/s1. The van der Waals surface area contributed by atoms with Gasteiger partial charge in [0.15, 0.2) is 5.69 Å². The summed E-state index contributed by atoms with van der Waals surface area (Å²) in [5.41, 5.74) is 5.62. The minimum atomic E-state index is -0.103. The summed E-state index contributed by atoms with van der Waals surface area (Å²) < 4.78 is 8.28. The Morgan fingerprint density at radius 3 is 2.42 bits per heavy atom. The van der Waals surface area contributed by atoms with Crippen molar-refractivity contribution in [3.63, 3.8) is 0 Å². The van der Waals surface area contributed by atoms with Gasteiger partial charge in [0.05, 0.1) is 24.3 Å². The van der Waals surface area contributed by atoms with Gasteiger partial charge in [0.2, 0.25) is 0 Å². The first-order valence-corrected chi connectivity index (χ1v) is 13.5. The molecule has 8 nitrogen and oxygen atoms in total. The molecule has 0 spiro atoms. The summed E-state index contributed by atoms with van der Waals surface area (Å²) in [5, 5.41) is 13.5. The summed E-state index contributed by atoms with van der Waals surface area (Å²) in [6.07, 6.45) is 2.38. The number of nitriles is 1. The lowest BCUT2D eigenvalue weighted by molar-refractivity contribution is 0.00337. The molecule has 3 heterocycles. The topological polar surface area (TPSA) is 77.6 Å². The number of hydrogen-bond donors (Lipinski definition) is 0. The van der Waals surface area contributed by atoms with Gasteiger partial charge in [-0.3, -0.25) is 14.4 Å². The Bertz CT molecular complexity index is 1260. The van der Waals surface area contributed by atoms with Crippen molar-refractivity contribution in [2.75, 3.05) is 50.7 Å². The molecule has 1 atom stereocenters. The molecule has 2 aliphatic heterocycles. The lowest BCUT2D eigenvalue weighted by atomic mass is 10.1. The van der Waals surface area contributed by atoms with Gasteiger partial charge >= 0.3 is 0 Å². The van der Waals surface area contributed by atoms with Crippen molar-refractivity contribution in [3.05, 3.63) is 82.7 Å². The van der Waals surface area contributed by atoms with Gasteiger partial charge in [-0.2, -0.15) is 10.4 Å². The molecule has 0 unspecified atom stereocenters. The lowest BCUT2D eigenvalue weighted by Gasteiger charge is -2.36. The molecule has 2 saturated heterocycles. The third-order valence-corrected chi connectivity index (χ3v) is 7.66. The number of anilines is 1. The molecular weight excluding hydrogens is 476 g/mol. The van der Waals surface area contributed by atoms with E-state index < -0.39 is 0 Å². The number of ether oxygens (including phenoxy) is 1. The number of rotatable bonds is 8. The van der Waals surface area contributed by atoms with E-state index in [0.717, 1.165) is 44.0 Å². The maximum atomic E-state index is 13.0. The number of aromatic nitrogens is 2. The zero-order chi connectivity index (χ0) is 26.5. The first-order valence-electron chi connectivity index (χ1n) is 13.5. The van der Waals surface area contributed by atoms with Gasteiger partial charge in [-0.05, 0) is 61.2 Å². The molecule has 0 radical (unpaired) electrons. The number of piperazine rings is 1. The fourth-order valence-corrected chi connectivity index (χ4v) is 5.22. The second-order valence-electron chi connectivity index (χ2n) is 10.3. The second-order valence-corrected chi connectivity index (χ2v) is 10.3. The third kappa shape index (κ3) is 6.07. The summed E-state index contributed by atoms with van der Waals surface area (Å²) in [6.45, 7) is 8.32. The Hall–Kier alpha value is -3.67. The van der Waals surface area contributed by atoms with Gasteiger partial charge in [0.25, 0.3) is 5.91 Å². The van der Waals surface area contributed by atoms with Crippen LogP contribution in [0.25, 0.3) is 0 Å². The summed E-state index contributed by atoms with van der Waals surface area (Å²) in [6, 6.07) is 20.4. The Balaban J connectivity index is 1.26. The molecule has 0 saturated carbocycles. The third-order valence-electron chi connectivity index (χ3n) is 7.66. The Morgan fingerprint density at radius 1 is 1.03 bits per heavy atom. The van der Waals surface area contributed by atoms with Gasteiger partial charge in [-0.25, -0.2) is 0 Å². The average Bonchev–Trinajstić information content (AvgIpc) is 3.61. The van der Waals surface area contributed by atoms with Gasteiger partial charge in [-0.1, -0.05) is 24.3 Å². The SMILES string of the molecule is Cc1cc(C(=O)N2CCN(C[C@@H](OCc3ccc(C#N)cc3)c3cccc(N4CCCC4)c3)CC2)nn1C. The van der Waals surface area contributed by atoms with Crippen LogP contribution in [0.15, 0.2) is 54.6 Å². The molecule has 2 fully saturated rings. The number of amides is 1. The Kier molecular flexibility index (Phi) is 8.06. The first kappa shape index (κ1) is 26.0. The maximum Gasteiger partial charge on any atom is 0.274 e. The van der Waals surface area contributed by atoms with E-state index in [9.17, 15) is 4.79 Å². The predicted molar refractivity (Wildman–Crippen MR) is 147 cm³/mol. The summed E-state index contributed by atoms with van der Waals surface area (Å²) in [4.78, 5) is 19.7. The highest BCUT2D eigenvalue weighted by Crippen LogP contribution is 2.28. The monoisotopic (exact) mass is 512 g/mol. The van der Waals surface area contributed by atoms with Crippen LogP contribution in [0.1, 0.15) is 51.8 Å². The van der Waals surface area contributed by atoms with E-state index in [1.165, 1.54) is 24.1 Å². The molecule has 2 aliphatic rings. The van der Waals surface area contributed by atoms with Crippen molar-refractivity contribution in [3.8, 4) is 6.07 Å². The van der Waals surface area contributed by atoms with Crippen LogP contribution in [-0.2, 0) is 18.4 Å². The van der Waals surface area contributed by atoms with E-state index in [4.69, 9.17) is 10.00 Å². The van der Waals surface area contributed by atoms with Crippen LogP contribution in [-0.4, -0.2) is 71.3 Å². The molecule has 198 valence electrons. The first-order chi connectivity index (χ1) is 18.5. The van der Waals surface area contributed by atoms with Crippen molar-refractivity contribution in [1.82, 2.24) is 19.6 Å². The fraction of sp³-hybridized carbons (Fsp3) is 0.433. The molecule has 0 aliphatic carbocycles. The summed E-state index contributed by atoms with van der Waals surface area (Å²) in [5.74, 6) is 0.000260. The molecule has 8 heteroatoms. The molecular formula is C30H36N6O2. The molecule has 5 rings (SSSR count). The van der Waals surface area contributed by atoms with E-state index in [2.05, 4.69) is 45.2 Å². The minimum absolute atomic E-state index is 0.000260. The minimum Gasteiger partial charge on any atom is -0.372 e. The van der Waals surface area contributed by atoms with Crippen molar-refractivity contribution >= 4 is 11.6 Å². The van der Waals surface area contributed by atoms with Crippen LogP contribution >= 0.6 is 0 Å². The average molecular weight is 513 g/mol. The highest BCUT2D eigenvalue weighted by Gasteiger charge is 2.26. The molecule has 1 amide bonds. The van der Waals surface area contributed by atoms with Crippen molar-refractivity contribution < 1.29 is 9.53 Å². The summed E-state index contributed by atoms with van der Waals surface area (Å²) >= 11 is 0. The van der Waals surface area contributed by atoms with E-state index >= 15 is 0 Å². The molecule has 38 heavy (non-hydrogen) atoms. The molecule has 0 bridgehead atoms.